The van der Waals surface area contributed by atoms with Crippen LogP contribution in [0.4, 0.5) is 0 Å². The number of ether oxygens (including phenoxy) is 1. The zero-order valence-corrected chi connectivity index (χ0v) is 18.0. The predicted octanol–water partition coefficient (Wildman–Crippen LogP) is 6.35. The molecule has 0 fully saturated rings. The Kier molecular flexibility index (Phi) is 5.32. The third-order valence-corrected chi connectivity index (χ3v) is 5.65. The molecule has 0 aliphatic heterocycles. The van der Waals surface area contributed by atoms with Crippen molar-refractivity contribution in [2.45, 2.75) is 67.4 Å². The van der Waals surface area contributed by atoms with Gasteiger partial charge in [0.15, 0.2) is 0 Å². The molecular formula is C24H32N2O. The summed E-state index contributed by atoms with van der Waals surface area (Å²) in [6.45, 7) is 15.2. The molecule has 0 saturated heterocycles. The fraction of sp³-hybridized carbons (Fsp3) is 0.458. The van der Waals surface area contributed by atoms with Crippen molar-refractivity contribution in [1.82, 2.24) is 9.55 Å². The number of aromatic nitrogens is 2. The van der Waals surface area contributed by atoms with Gasteiger partial charge in [0, 0.05) is 30.1 Å². The van der Waals surface area contributed by atoms with Crippen molar-refractivity contribution in [2.24, 2.45) is 7.05 Å². The van der Waals surface area contributed by atoms with Crippen LogP contribution in [0.2, 0.25) is 0 Å². The van der Waals surface area contributed by atoms with Crippen LogP contribution in [0, 0.1) is 34.6 Å². The molecule has 144 valence electrons. The summed E-state index contributed by atoms with van der Waals surface area (Å²) in [6.07, 6.45) is 2.24. The Hall–Kier alpha value is -2.29. The molecule has 0 unspecified atom stereocenters. The molecule has 2 heterocycles. The number of pyridine rings is 1. The molecule has 0 aliphatic rings. The summed E-state index contributed by atoms with van der Waals surface area (Å²) < 4.78 is 8.65. The molecular weight excluding hydrogens is 332 g/mol. The number of benzene rings is 1. The summed E-state index contributed by atoms with van der Waals surface area (Å²) in [4.78, 5) is 4.96. The SMILES string of the molecule is CCC(CC)Oc1cc(C)nc2c(-c3c(C)cc(C)cc3C)c(C)n(C)c12. The second kappa shape index (κ2) is 7.38. The van der Waals surface area contributed by atoms with Crippen LogP contribution < -0.4 is 4.74 Å². The number of hydrogen-bond acceptors (Lipinski definition) is 2. The fourth-order valence-corrected chi connectivity index (χ4v) is 4.24. The van der Waals surface area contributed by atoms with E-state index >= 15 is 0 Å². The van der Waals surface area contributed by atoms with Gasteiger partial charge in [0.2, 0.25) is 0 Å². The van der Waals surface area contributed by atoms with Gasteiger partial charge in [0.1, 0.15) is 16.8 Å². The highest BCUT2D eigenvalue weighted by atomic mass is 16.5. The highest BCUT2D eigenvalue weighted by molar-refractivity contribution is 5.99. The van der Waals surface area contributed by atoms with Crippen molar-refractivity contribution in [2.75, 3.05) is 0 Å². The Morgan fingerprint density at radius 3 is 2.07 bits per heavy atom. The van der Waals surface area contributed by atoms with Crippen LogP contribution in [0.5, 0.6) is 5.75 Å². The first-order valence-electron chi connectivity index (χ1n) is 9.99. The normalized spacial score (nSPS) is 11.6. The molecule has 0 spiro atoms. The van der Waals surface area contributed by atoms with E-state index in [4.69, 9.17) is 9.72 Å². The van der Waals surface area contributed by atoms with E-state index in [1.807, 2.05) is 0 Å². The van der Waals surface area contributed by atoms with Crippen LogP contribution in [0.25, 0.3) is 22.2 Å². The lowest BCUT2D eigenvalue weighted by Gasteiger charge is -2.17. The predicted molar refractivity (Wildman–Crippen MR) is 115 cm³/mol. The monoisotopic (exact) mass is 364 g/mol. The lowest BCUT2D eigenvalue weighted by Crippen LogP contribution is -2.14. The second-order valence-corrected chi connectivity index (χ2v) is 7.81. The summed E-state index contributed by atoms with van der Waals surface area (Å²) in [5.41, 5.74) is 10.8. The van der Waals surface area contributed by atoms with E-state index in [9.17, 15) is 0 Å². The van der Waals surface area contributed by atoms with E-state index in [2.05, 4.69) is 78.3 Å². The van der Waals surface area contributed by atoms with Crippen LogP contribution in [-0.4, -0.2) is 15.7 Å². The van der Waals surface area contributed by atoms with Crippen LogP contribution in [0.15, 0.2) is 18.2 Å². The Labute approximate surface area is 163 Å². The summed E-state index contributed by atoms with van der Waals surface area (Å²) in [5, 5.41) is 0. The van der Waals surface area contributed by atoms with Crippen LogP contribution in [0.3, 0.4) is 0 Å². The molecule has 0 aliphatic carbocycles. The van der Waals surface area contributed by atoms with Gasteiger partial charge in [0.05, 0.1) is 6.10 Å². The molecule has 0 atom stereocenters. The van der Waals surface area contributed by atoms with Crippen LogP contribution in [0.1, 0.15) is 54.8 Å². The first-order chi connectivity index (χ1) is 12.8. The Balaban J connectivity index is 2.34. The van der Waals surface area contributed by atoms with Gasteiger partial charge in [-0.05, 0) is 64.2 Å². The molecule has 1 aromatic carbocycles. The van der Waals surface area contributed by atoms with Crippen molar-refractivity contribution in [3.05, 3.63) is 46.3 Å². The van der Waals surface area contributed by atoms with E-state index in [-0.39, 0.29) is 6.10 Å². The lowest BCUT2D eigenvalue weighted by atomic mass is 9.93. The molecule has 3 nitrogen and oxygen atoms in total. The maximum atomic E-state index is 6.41. The van der Waals surface area contributed by atoms with Gasteiger partial charge in [0.25, 0.3) is 0 Å². The summed E-state index contributed by atoms with van der Waals surface area (Å²) in [5.74, 6) is 0.950. The van der Waals surface area contributed by atoms with E-state index in [0.717, 1.165) is 35.3 Å². The van der Waals surface area contributed by atoms with E-state index in [1.54, 1.807) is 0 Å². The quantitative estimate of drug-likeness (QED) is 0.527. The van der Waals surface area contributed by atoms with E-state index in [1.165, 1.54) is 33.5 Å². The zero-order chi connectivity index (χ0) is 19.9. The lowest BCUT2D eigenvalue weighted by molar-refractivity contribution is 0.194. The van der Waals surface area contributed by atoms with Crippen LogP contribution in [-0.2, 0) is 7.05 Å². The first-order valence-corrected chi connectivity index (χ1v) is 9.99. The Morgan fingerprint density at radius 2 is 1.52 bits per heavy atom. The molecule has 0 N–H and O–H groups in total. The van der Waals surface area contributed by atoms with Gasteiger partial charge in [-0.2, -0.15) is 0 Å². The van der Waals surface area contributed by atoms with Gasteiger partial charge >= 0.3 is 0 Å². The molecule has 0 saturated carbocycles. The number of aryl methyl sites for hydroxylation is 5. The molecule has 3 heteroatoms. The van der Waals surface area contributed by atoms with Crippen molar-refractivity contribution in [1.29, 1.82) is 0 Å². The molecule has 0 radical (unpaired) electrons. The highest BCUT2D eigenvalue weighted by Crippen LogP contribution is 2.40. The maximum Gasteiger partial charge on any atom is 0.147 e. The van der Waals surface area contributed by atoms with E-state index in [0.29, 0.717) is 0 Å². The minimum atomic E-state index is 0.233. The summed E-state index contributed by atoms with van der Waals surface area (Å²) >= 11 is 0. The molecule has 27 heavy (non-hydrogen) atoms. The standard InChI is InChI=1S/C24H32N2O/c1-9-19(10-2)27-20-13-17(6)25-23-22(18(7)26(8)24(20)23)21-15(4)11-14(3)12-16(21)5/h11-13,19H,9-10H2,1-8H3. The molecule has 0 bridgehead atoms. The smallest absolute Gasteiger partial charge is 0.147 e. The fourth-order valence-electron chi connectivity index (χ4n) is 4.24. The Bertz CT molecular complexity index is 971. The average molecular weight is 365 g/mol. The largest absolute Gasteiger partial charge is 0.488 e. The van der Waals surface area contributed by atoms with Crippen molar-refractivity contribution < 1.29 is 4.74 Å². The number of nitrogens with zero attached hydrogens (tertiary/aromatic N) is 2. The molecule has 3 rings (SSSR count). The highest BCUT2D eigenvalue weighted by Gasteiger charge is 2.22. The minimum Gasteiger partial charge on any atom is -0.488 e. The third-order valence-electron chi connectivity index (χ3n) is 5.65. The number of hydrogen-bond donors (Lipinski definition) is 0. The van der Waals surface area contributed by atoms with E-state index < -0.39 is 0 Å². The van der Waals surface area contributed by atoms with Gasteiger partial charge < -0.3 is 9.30 Å². The molecule has 2 aromatic heterocycles. The summed E-state index contributed by atoms with van der Waals surface area (Å²) in [7, 11) is 2.12. The molecule has 3 aromatic rings. The Morgan fingerprint density at radius 1 is 0.926 bits per heavy atom. The van der Waals surface area contributed by atoms with Crippen LogP contribution >= 0.6 is 0 Å². The topological polar surface area (TPSA) is 27.1 Å². The van der Waals surface area contributed by atoms with Gasteiger partial charge in [-0.15, -0.1) is 0 Å². The van der Waals surface area contributed by atoms with Crippen molar-refractivity contribution in [3.8, 4) is 16.9 Å². The third kappa shape index (κ3) is 3.36. The maximum absolute atomic E-state index is 6.41. The average Bonchev–Trinajstić information content (AvgIpc) is 2.83. The van der Waals surface area contributed by atoms with Gasteiger partial charge in [-0.1, -0.05) is 31.5 Å². The van der Waals surface area contributed by atoms with Gasteiger partial charge in [-0.25, -0.2) is 0 Å². The minimum absolute atomic E-state index is 0.233. The van der Waals surface area contributed by atoms with Crippen molar-refractivity contribution >= 4 is 11.0 Å². The number of fused-ring (bicyclic) bond motifs is 1. The number of rotatable bonds is 5. The first kappa shape index (κ1) is 19.5. The second-order valence-electron chi connectivity index (χ2n) is 7.81. The zero-order valence-electron chi connectivity index (χ0n) is 18.0. The molecule has 0 amide bonds. The summed E-state index contributed by atoms with van der Waals surface area (Å²) in [6, 6.07) is 6.61. The van der Waals surface area contributed by atoms with Gasteiger partial charge in [-0.3, -0.25) is 4.98 Å². The van der Waals surface area contributed by atoms with Crippen molar-refractivity contribution in [3.63, 3.8) is 0 Å².